The Kier molecular flexibility index (Phi) is 1.79. The average molecular weight is 202 g/mol. The zero-order valence-corrected chi connectivity index (χ0v) is 8.01. The number of aliphatic hydroxyl groups is 1. The molecule has 0 aliphatic heterocycles. The van der Waals surface area contributed by atoms with Crippen LogP contribution in [-0.2, 0) is 6.42 Å². The molecule has 15 heavy (non-hydrogen) atoms. The molecule has 2 aromatic heterocycles. The molecule has 3 rings (SSSR count). The summed E-state index contributed by atoms with van der Waals surface area (Å²) in [7, 11) is 0. The molecule has 3 nitrogen and oxygen atoms in total. The molecule has 0 radical (unpaired) electrons. The molecule has 0 spiro atoms. The van der Waals surface area contributed by atoms with Gasteiger partial charge in [-0.3, -0.25) is 0 Å². The van der Waals surface area contributed by atoms with Crippen LogP contribution in [0.4, 0.5) is 0 Å². The summed E-state index contributed by atoms with van der Waals surface area (Å²) in [6, 6.07) is 3.71. The van der Waals surface area contributed by atoms with Crippen LogP contribution in [0.1, 0.15) is 28.8 Å². The first-order chi connectivity index (χ1) is 7.34. The maximum absolute atomic E-state index is 9.95. The lowest BCUT2D eigenvalue weighted by atomic mass is 10.0. The smallest absolute Gasteiger partial charge is 0.139 e. The van der Waals surface area contributed by atoms with Crippen LogP contribution >= 0.6 is 0 Å². The molecule has 0 saturated heterocycles. The van der Waals surface area contributed by atoms with Crippen LogP contribution in [0, 0.1) is 0 Å². The summed E-state index contributed by atoms with van der Waals surface area (Å²) in [4.78, 5) is 0. The molecule has 0 aromatic carbocycles. The van der Waals surface area contributed by atoms with Crippen LogP contribution < -0.4 is 0 Å². The van der Waals surface area contributed by atoms with Crippen molar-refractivity contribution in [2.45, 2.75) is 12.5 Å². The topological polar surface area (TPSA) is 46.5 Å². The number of hydrogen-bond acceptors (Lipinski definition) is 3. The van der Waals surface area contributed by atoms with E-state index in [1.54, 1.807) is 12.5 Å². The maximum Gasteiger partial charge on any atom is 0.139 e. The molecule has 1 aliphatic rings. The largest absolute Gasteiger partial charge is 0.466 e. The van der Waals surface area contributed by atoms with Gasteiger partial charge in [0.1, 0.15) is 17.6 Å². The van der Waals surface area contributed by atoms with Crippen molar-refractivity contribution in [3.8, 4) is 0 Å². The van der Waals surface area contributed by atoms with Gasteiger partial charge in [-0.1, -0.05) is 0 Å². The highest BCUT2D eigenvalue weighted by Crippen LogP contribution is 2.29. The fourth-order valence-corrected chi connectivity index (χ4v) is 1.87. The molecule has 1 unspecified atom stereocenters. The van der Waals surface area contributed by atoms with E-state index in [0.717, 1.165) is 16.9 Å². The fourth-order valence-electron chi connectivity index (χ4n) is 1.87. The minimum atomic E-state index is -0.601. The minimum absolute atomic E-state index is 0.524. The van der Waals surface area contributed by atoms with Crippen molar-refractivity contribution in [2.75, 3.05) is 0 Å². The number of aliphatic hydroxyl groups excluding tert-OH is 1. The van der Waals surface area contributed by atoms with Gasteiger partial charge >= 0.3 is 0 Å². The van der Waals surface area contributed by atoms with Gasteiger partial charge in [0.05, 0.1) is 12.5 Å². The van der Waals surface area contributed by atoms with E-state index < -0.39 is 6.10 Å². The molecule has 3 heteroatoms. The van der Waals surface area contributed by atoms with Gasteiger partial charge in [-0.2, -0.15) is 0 Å². The van der Waals surface area contributed by atoms with Crippen molar-refractivity contribution in [1.29, 1.82) is 0 Å². The summed E-state index contributed by atoms with van der Waals surface area (Å²) in [5, 5.41) is 9.95. The van der Waals surface area contributed by atoms with Gasteiger partial charge in [-0.25, -0.2) is 0 Å². The predicted molar refractivity (Wildman–Crippen MR) is 55.0 cm³/mol. The third kappa shape index (κ3) is 1.32. The van der Waals surface area contributed by atoms with Crippen LogP contribution in [-0.4, -0.2) is 5.11 Å². The Labute approximate surface area is 86.6 Å². The second kappa shape index (κ2) is 3.14. The summed E-state index contributed by atoms with van der Waals surface area (Å²) >= 11 is 0. The standard InChI is InChI=1S/C12H10O3/c13-10-7-9-4-5-14-11(9)2-1-8-3-6-15-12(8)10/h1-6,10,13H,7H2. The van der Waals surface area contributed by atoms with E-state index in [1.165, 1.54) is 0 Å². The lowest BCUT2D eigenvalue weighted by molar-refractivity contribution is 0.149. The first-order valence-corrected chi connectivity index (χ1v) is 4.84. The van der Waals surface area contributed by atoms with E-state index in [2.05, 4.69) is 0 Å². The highest BCUT2D eigenvalue weighted by atomic mass is 16.4. The van der Waals surface area contributed by atoms with Gasteiger partial charge in [0, 0.05) is 17.5 Å². The molecule has 1 atom stereocenters. The third-order valence-electron chi connectivity index (χ3n) is 2.64. The van der Waals surface area contributed by atoms with E-state index in [9.17, 15) is 5.11 Å². The van der Waals surface area contributed by atoms with Gasteiger partial charge in [-0.05, 0) is 24.3 Å². The van der Waals surface area contributed by atoms with E-state index in [0.29, 0.717) is 12.2 Å². The van der Waals surface area contributed by atoms with Gasteiger partial charge in [0.15, 0.2) is 0 Å². The molecule has 0 fully saturated rings. The number of hydrogen-bond donors (Lipinski definition) is 1. The van der Waals surface area contributed by atoms with E-state index in [1.807, 2.05) is 24.3 Å². The van der Waals surface area contributed by atoms with Crippen LogP contribution in [0.2, 0.25) is 0 Å². The van der Waals surface area contributed by atoms with Gasteiger partial charge in [0.2, 0.25) is 0 Å². The van der Waals surface area contributed by atoms with Gasteiger partial charge < -0.3 is 13.9 Å². The maximum atomic E-state index is 9.95. The lowest BCUT2D eigenvalue weighted by Crippen LogP contribution is -2.03. The Hall–Kier alpha value is -1.74. The molecule has 0 saturated carbocycles. The highest BCUT2D eigenvalue weighted by molar-refractivity contribution is 5.70. The summed E-state index contributed by atoms with van der Waals surface area (Å²) in [6.45, 7) is 0. The van der Waals surface area contributed by atoms with Crippen molar-refractivity contribution in [3.05, 3.63) is 47.3 Å². The Bertz CT molecular complexity index is 504. The Morgan fingerprint density at radius 3 is 2.93 bits per heavy atom. The first-order valence-electron chi connectivity index (χ1n) is 4.84. The van der Waals surface area contributed by atoms with E-state index in [4.69, 9.17) is 8.83 Å². The summed E-state index contributed by atoms with van der Waals surface area (Å²) in [6.07, 6.45) is 6.94. The zero-order valence-electron chi connectivity index (χ0n) is 8.01. The second-order valence-electron chi connectivity index (χ2n) is 3.60. The average Bonchev–Trinajstić information content (AvgIpc) is 2.81. The SMILES string of the molecule is OC1Cc2ccoc2C=Cc2ccoc21. The van der Waals surface area contributed by atoms with Crippen molar-refractivity contribution in [3.63, 3.8) is 0 Å². The molecule has 2 aromatic rings. The van der Waals surface area contributed by atoms with Crippen molar-refractivity contribution in [1.82, 2.24) is 0 Å². The third-order valence-corrected chi connectivity index (χ3v) is 2.64. The summed E-state index contributed by atoms with van der Waals surface area (Å²) in [5.41, 5.74) is 1.91. The Balaban J connectivity index is 2.14. The molecule has 2 heterocycles. The fraction of sp³-hybridized carbons (Fsp3) is 0.167. The lowest BCUT2D eigenvalue weighted by Gasteiger charge is -2.10. The predicted octanol–water partition coefficient (Wildman–Crippen LogP) is 2.63. The second-order valence-corrected chi connectivity index (χ2v) is 3.60. The molecular weight excluding hydrogens is 192 g/mol. The molecular formula is C12H10O3. The van der Waals surface area contributed by atoms with Crippen LogP contribution in [0.15, 0.2) is 33.5 Å². The number of furan rings is 2. The normalized spacial score (nSPS) is 19.1. The number of fused-ring (bicyclic) bond motifs is 2. The van der Waals surface area contributed by atoms with Crippen LogP contribution in [0.25, 0.3) is 12.2 Å². The molecule has 1 aliphatic carbocycles. The van der Waals surface area contributed by atoms with Crippen molar-refractivity contribution >= 4 is 12.2 Å². The van der Waals surface area contributed by atoms with Crippen LogP contribution in [0.3, 0.4) is 0 Å². The molecule has 76 valence electrons. The summed E-state index contributed by atoms with van der Waals surface area (Å²) < 4.78 is 10.6. The van der Waals surface area contributed by atoms with Gasteiger partial charge in [0.25, 0.3) is 0 Å². The van der Waals surface area contributed by atoms with E-state index in [-0.39, 0.29) is 0 Å². The molecule has 0 amide bonds. The quantitative estimate of drug-likeness (QED) is 0.714. The molecule has 0 bridgehead atoms. The van der Waals surface area contributed by atoms with Crippen molar-refractivity contribution < 1.29 is 13.9 Å². The van der Waals surface area contributed by atoms with Gasteiger partial charge in [-0.15, -0.1) is 0 Å². The summed E-state index contributed by atoms with van der Waals surface area (Å²) in [5.74, 6) is 1.43. The zero-order chi connectivity index (χ0) is 10.3. The minimum Gasteiger partial charge on any atom is -0.466 e. The van der Waals surface area contributed by atoms with Crippen LogP contribution in [0.5, 0.6) is 0 Å². The monoisotopic (exact) mass is 202 g/mol. The van der Waals surface area contributed by atoms with Crippen molar-refractivity contribution in [2.24, 2.45) is 0 Å². The number of rotatable bonds is 0. The molecule has 1 N–H and O–H groups in total. The van der Waals surface area contributed by atoms with E-state index >= 15 is 0 Å². The Morgan fingerprint density at radius 2 is 2.00 bits per heavy atom. The Morgan fingerprint density at radius 1 is 1.13 bits per heavy atom. The highest BCUT2D eigenvalue weighted by Gasteiger charge is 2.19. The first kappa shape index (κ1) is 8.56.